The molecule has 0 bridgehead atoms. The standard InChI is InChI=1S/C31H43N5O4/c1-5-39-26-11-10-22(18-29(26)40-6-2)21-35-16-12-23(13-17-35)32-31-33-25-20-28(38-4)27(37-3)19-24(25)30(34-31)36-14-8-7-9-15-36/h10-11,18-20,23H,5-9,12-17,21H2,1-4H3,(H,32,33,34). The molecule has 2 aliphatic rings. The van der Waals surface area contributed by atoms with E-state index in [-0.39, 0.29) is 0 Å². The molecule has 2 saturated heterocycles. The lowest BCUT2D eigenvalue weighted by molar-refractivity contribution is 0.210. The summed E-state index contributed by atoms with van der Waals surface area (Å²) >= 11 is 0. The number of aromatic nitrogens is 2. The molecule has 0 unspecified atom stereocenters. The zero-order valence-corrected chi connectivity index (χ0v) is 24.4. The predicted molar refractivity (Wildman–Crippen MR) is 159 cm³/mol. The Labute approximate surface area is 237 Å². The topological polar surface area (TPSA) is 81.2 Å². The van der Waals surface area contributed by atoms with Crippen LogP contribution in [0.4, 0.5) is 11.8 Å². The molecule has 0 aliphatic carbocycles. The fourth-order valence-corrected chi connectivity index (χ4v) is 5.72. The van der Waals surface area contributed by atoms with Gasteiger partial charge in [-0.1, -0.05) is 6.07 Å². The zero-order valence-electron chi connectivity index (χ0n) is 24.4. The first-order valence-electron chi connectivity index (χ1n) is 14.7. The lowest BCUT2D eigenvalue weighted by atomic mass is 10.0. The predicted octanol–water partition coefficient (Wildman–Crippen LogP) is 5.51. The van der Waals surface area contributed by atoms with Crippen molar-refractivity contribution >= 4 is 22.7 Å². The van der Waals surface area contributed by atoms with Gasteiger partial charge in [0, 0.05) is 50.2 Å². The van der Waals surface area contributed by atoms with Crippen LogP contribution in [0.25, 0.3) is 10.9 Å². The maximum absolute atomic E-state index is 5.83. The highest BCUT2D eigenvalue weighted by Gasteiger charge is 2.23. The first-order valence-corrected chi connectivity index (χ1v) is 14.7. The molecule has 0 amide bonds. The van der Waals surface area contributed by atoms with Crippen LogP contribution < -0.4 is 29.2 Å². The van der Waals surface area contributed by atoms with E-state index < -0.39 is 0 Å². The Bertz CT molecular complexity index is 1270. The Morgan fingerprint density at radius 2 is 1.50 bits per heavy atom. The highest BCUT2D eigenvalue weighted by molar-refractivity contribution is 5.93. The van der Waals surface area contributed by atoms with E-state index in [4.69, 9.17) is 28.9 Å². The minimum atomic E-state index is 0.322. The van der Waals surface area contributed by atoms with Crippen molar-refractivity contribution < 1.29 is 18.9 Å². The van der Waals surface area contributed by atoms with Crippen LogP contribution >= 0.6 is 0 Å². The molecule has 2 aliphatic heterocycles. The van der Waals surface area contributed by atoms with Crippen molar-refractivity contribution in [1.29, 1.82) is 0 Å². The van der Waals surface area contributed by atoms with Gasteiger partial charge in [-0.05, 0) is 69.7 Å². The lowest BCUT2D eigenvalue weighted by Gasteiger charge is -2.33. The number of methoxy groups -OCH3 is 2. The number of fused-ring (bicyclic) bond motifs is 1. The molecule has 40 heavy (non-hydrogen) atoms. The lowest BCUT2D eigenvalue weighted by Crippen LogP contribution is -2.39. The van der Waals surface area contributed by atoms with Gasteiger partial charge >= 0.3 is 0 Å². The van der Waals surface area contributed by atoms with Crippen LogP contribution in [0, 0.1) is 0 Å². The summed E-state index contributed by atoms with van der Waals surface area (Å²) in [5.74, 6) is 4.68. The van der Waals surface area contributed by atoms with Gasteiger partial charge in [0.1, 0.15) is 5.82 Å². The summed E-state index contributed by atoms with van der Waals surface area (Å²) in [6.45, 7) is 10.2. The Balaban J connectivity index is 1.28. The van der Waals surface area contributed by atoms with Gasteiger partial charge in [-0.15, -0.1) is 0 Å². The van der Waals surface area contributed by atoms with Crippen molar-refractivity contribution in [1.82, 2.24) is 14.9 Å². The smallest absolute Gasteiger partial charge is 0.225 e. The van der Waals surface area contributed by atoms with Crippen LogP contribution in [0.1, 0.15) is 51.5 Å². The van der Waals surface area contributed by atoms with E-state index in [9.17, 15) is 0 Å². The van der Waals surface area contributed by atoms with E-state index in [1.54, 1.807) is 14.2 Å². The van der Waals surface area contributed by atoms with Gasteiger partial charge < -0.3 is 29.2 Å². The van der Waals surface area contributed by atoms with Gasteiger partial charge in [0.2, 0.25) is 5.95 Å². The van der Waals surface area contributed by atoms with Crippen LogP contribution in [0.15, 0.2) is 30.3 Å². The van der Waals surface area contributed by atoms with Crippen LogP contribution in [-0.2, 0) is 6.54 Å². The van der Waals surface area contributed by atoms with Crippen LogP contribution in [-0.4, -0.2) is 74.5 Å². The summed E-state index contributed by atoms with van der Waals surface area (Å²) in [7, 11) is 3.33. The van der Waals surface area contributed by atoms with Gasteiger partial charge in [0.15, 0.2) is 23.0 Å². The highest BCUT2D eigenvalue weighted by atomic mass is 16.5. The number of benzene rings is 2. The van der Waals surface area contributed by atoms with Gasteiger partial charge in [-0.3, -0.25) is 4.90 Å². The van der Waals surface area contributed by atoms with Gasteiger partial charge in [0.05, 0.1) is 33.0 Å². The number of hydrogen-bond donors (Lipinski definition) is 1. The second-order valence-electron chi connectivity index (χ2n) is 10.5. The van der Waals surface area contributed by atoms with E-state index in [0.29, 0.717) is 36.7 Å². The van der Waals surface area contributed by atoms with Crippen LogP contribution in [0.5, 0.6) is 23.0 Å². The maximum atomic E-state index is 5.83. The third-order valence-electron chi connectivity index (χ3n) is 7.77. The second-order valence-corrected chi connectivity index (χ2v) is 10.5. The van der Waals surface area contributed by atoms with Crippen molar-refractivity contribution in [2.45, 2.75) is 58.5 Å². The molecule has 9 nitrogen and oxygen atoms in total. The van der Waals surface area contributed by atoms with Crippen molar-refractivity contribution in [3.8, 4) is 23.0 Å². The molecule has 1 aromatic heterocycles. The summed E-state index contributed by atoms with van der Waals surface area (Å²) in [6, 6.07) is 10.6. The Morgan fingerprint density at radius 1 is 0.800 bits per heavy atom. The number of hydrogen-bond acceptors (Lipinski definition) is 9. The second kappa shape index (κ2) is 13.3. The molecule has 0 saturated carbocycles. The molecule has 2 aromatic carbocycles. The van der Waals surface area contributed by atoms with Crippen molar-refractivity contribution in [3.63, 3.8) is 0 Å². The molecule has 0 radical (unpaired) electrons. The zero-order chi connectivity index (χ0) is 27.9. The Morgan fingerprint density at radius 3 is 2.20 bits per heavy atom. The molecule has 216 valence electrons. The Kier molecular flexibility index (Phi) is 9.31. The van der Waals surface area contributed by atoms with E-state index in [1.807, 2.05) is 32.0 Å². The monoisotopic (exact) mass is 549 g/mol. The van der Waals surface area contributed by atoms with E-state index in [0.717, 1.165) is 73.8 Å². The first kappa shape index (κ1) is 28.1. The number of rotatable bonds is 11. The summed E-state index contributed by atoms with van der Waals surface area (Å²) < 4.78 is 22.7. The normalized spacial score (nSPS) is 16.6. The van der Waals surface area contributed by atoms with E-state index >= 15 is 0 Å². The average Bonchev–Trinajstić information content (AvgIpc) is 2.99. The molecule has 2 fully saturated rings. The minimum Gasteiger partial charge on any atom is -0.493 e. The molecule has 3 aromatic rings. The molecule has 9 heteroatoms. The maximum Gasteiger partial charge on any atom is 0.225 e. The summed E-state index contributed by atoms with van der Waals surface area (Å²) in [5, 5.41) is 4.67. The highest BCUT2D eigenvalue weighted by Crippen LogP contribution is 2.37. The molecular weight excluding hydrogens is 506 g/mol. The number of nitrogens with zero attached hydrogens (tertiary/aromatic N) is 4. The number of anilines is 2. The quantitative estimate of drug-likeness (QED) is 0.333. The van der Waals surface area contributed by atoms with Gasteiger partial charge in [0.25, 0.3) is 0 Å². The number of piperidine rings is 2. The number of nitrogens with one attached hydrogen (secondary N) is 1. The van der Waals surface area contributed by atoms with Gasteiger partial charge in [-0.2, -0.15) is 4.98 Å². The molecule has 3 heterocycles. The summed E-state index contributed by atoms with van der Waals surface area (Å²) in [4.78, 5) is 14.9. The van der Waals surface area contributed by atoms with E-state index in [2.05, 4.69) is 27.2 Å². The van der Waals surface area contributed by atoms with Crippen LogP contribution in [0.3, 0.4) is 0 Å². The minimum absolute atomic E-state index is 0.322. The molecule has 5 rings (SSSR count). The molecule has 0 spiro atoms. The number of likely N-dealkylation sites (tertiary alicyclic amines) is 1. The van der Waals surface area contributed by atoms with Gasteiger partial charge in [-0.25, -0.2) is 4.98 Å². The van der Waals surface area contributed by atoms with Crippen molar-refractivity contribution in [3.05, 3.63) is 35.9 Å². The summed E-state index contributed by atoms with van der Waals surface area (Å²) in [5.41, 5.74) is 2.11. The SMILES string of the molecule is CCOc1ccc(CN2CCC(Nc3nc(N4CCCCC4)c4cc(OC)c(OC)cc4n3)CC2)cc1OCC. The van der Waals surface area contributed by atoms with Crippen molar-refractivity contribution in [2.75, 3.05) is 63.8 Å². The Hall–Kier alpha value is -3.46. The molecule has 1 N–H and O–H groups in total. The third-order valence-corrected chi connectivity index (χ3v) is 7.77. The fraction of sp³-hybridized carbons (Fsp3) is 0.548. The van der Waals surface area contributed by atoms with Crippen molar-refractivity contribution in [2.24, 2.45) is 0 Å². The first-order chi connectivity index (χ1) is 19.6. The average molecular weight is 550 g/mol. The fourth-order valence-electron chi connectivity index (χ4n) is 5.72. The molecular formula is C31H43N5O4. The third kappa shape index (κ3) is 6.46. The van der Waals surface area contributed by atoms with E-state index in [1.165, 1.54) is 24.8 Å². The largest absolute Gasteiger partial charge is 0.493 e. The van der Waals surface area contributed by atoms with Crippen LogP contribution in [0.2, 0.25) is 0 Å². The molecule has 0 atom stereocenters. The number of ether oxygens (including phenoxy) is 4. The summed E-state index contributed by atoms with van der Waals surface area (Å²) in [6.07, 6.45) is 5.69.